The van der Waals surface area contributed by atoms with Crippen LogP contribution in [0.3, 0.4) is 0 Å². The van der Waals surface area contributed by atoms with Crippen LogP contribution in [0.2, 0.25) is 0 Å². The maximum Gasteiger partial charge on any atom is 0.363 e. The minimum absolute atomic E-state index is 0.0702. The maximum absolute atomic E-state index is 13.3. The first kappa shape index (κ1) is 20.5. The summed E-state index contributed by atoms with van der Waals surface area (Å²) in [4.78, 5) is 13.0. The van der Waals surface area contributed by atoms with Gasteiger partial charge in [-0.2, -0.15) is 0 Å². The van der Waals surface area contributed by atoms with E-state index >= 15 is 0 Å². The van der Waals surface area contributed by atoms with Crippen molar-refractivity contribution < 1.29 is 12.8 Å². The van der Waals surface area contributed by atoms with Crippen LogP contribution in [0.25, 0.3) is 11.0 Å². The molecule has 4 rings (SSSR count). The zero-order valence-electron chi connectivity index (χ0n) is 17.4. The van der Waals surface area contributed by atoms with E-state index in [-0.39, 0.29) is 16.6 Å². The molecule has 2 N–H and O–H groups in total. The molecule has 7 heteroatoms. The van der Waals surface area contributed by atoms with Crippen LogP contribution in [-0.4, -0.2) is 14.5 Å². The van der Waals surface area contributed by atoms with Crippen molar-refractivity contribution in [3.05, 3.63) is 63.5 Å². The summed E-state index contributed by atoms with van der Waals surface area (Å²) < 4.78 is 34.5. The van der Waals surface area contributed by atoms with Crippen molar-refractivity contribution >= 4 is 32.4 Å². The summed E-state index contributed by atoms with van der Waals surface area (Å²) in [6, 6.07) is 10.9. The van der Waals surface area contributed by atoms with Gasteiger partial charge in [0.15, 0.2) is 5.69 Å². The predicted molar refractivity (Wildman–Crippen MR) is 120 cm³/mol. The highest BCUT2D eigenvalue weighted by atomic mass is 32.2. The minimum atomic E-state index is -3.99. The van der Waals surface area contributed by atoms with Crippen molar-refractivity contribution in [3.8, 4) is 0 Å². The van der Waals surface area contributed by atoms with Gasteiger partial charge < -0.3 is 9.73 Å². The Bertz CT molecular complexity index is 1270. The number of hydrogen-bond acceptors (Lipinski definition) is 5. The van der Waals surface area contributed by atoms with Crippen molar-refractivity contribution in [1.82, 2.24) is 0 Å². The SMILES string of the molecule is Cc1cc(C)c(C)c(S(=O)(=O)Nc2c(NC3CCCC3)c3ccccc3oc2=O)c1. The van der Waals surface area contributed by atoms with Crippen molar-refractivity contribution in [2.45, 2.75) is 57.4 Å². The number of hydrogen-bond donors (Lipinski definition) is 2. The van der Waals surface area contributed by atoms with E-state index in [4.69, 9.17) is 4.42 Å². The standard InChI is InChI=1S/C23H26N2O4S/c1-14-12-15(2)16(3)20(13-14)30(27,28)25-22-21(24-17-8-4-5-9-17)18-10-6-7-11-19(18)29-23(22)26/h6-7,10-13,17,24-25H,4-5,8-9H2,1-3H3. The zero-order chi connectivity index (χ0) is 21.5. The van der Waals surface area contributed by atoms with E-state index < -0.39 is 15.6 Å². The number of nitrogens with one attached hydrogen (secondary N) is 2. The second kappa shape index (κ2) is 7.80. The van der Waals surface area contributed by atoms with Gasteiger partial charge in [0.2, 0.25) is 0 Å². The highest BCUT2D eigenvalue weighted by Crippen LogP contribution is 2.33. The number of para-hydroxylation sites is 1. The minimum Gasteiger partial charge on any atom is -0.421 e. The summed E-state index contributed by atoms with van der Waals surface area (Å²) in [5.74, 6) is 0. The lowest BCUT2D eigenvalue weighted by molar-refractivity contribution is 0.562. The number of aryl methyl sites for hydroxylation is 2. The summed E-state index contributed by atoms with van der Waals surface area (Å²) >= 11 is 0. The third-order valence-electron chi connectivity index (χ3n) is 5.81. The molecule has 0 saturated heterocycles. The van der Waals surface area contributed by atoms with Crippen molar-refractivity contribution in [2.75, 3.05) is 10.0 Å². The molecule has 0 atom stereocenters. The van der Waals surface area contributed by atoms with Gasteiger partial charge in [-0.25, -0.2) is 13.2 Å². The van der Waals surface area contributed by atoms with Gasteiger partial charge in [0, 0.05) is 11.4 Å². The molecule has 2 aromatic carbocycles. The second-order valence-electron chi connectivity index (χ2n) is 8.07. The number of sulfonamides is 1. The molecule has 1 saturated carbocycles. The molecule has 0 radical (unpaired) electrons. The summed E-state index contributed by atoms with van der Waals surface area (Å²) in [7, 11) is -3.99. The third-order valence-corrected chi connectivity index (χ3v) is 7.28. The lowest BCUT2D eigenvalue weighted by atomic mass is 10.1. The van der Waals surface area contributed by atoms with Gasteiger partial charge in [-0.1, -0.05) is 31.0 Å². The quantitative estimate of drug-likeness (QED) is 0.568. The molecule has 30 heavy (non-hydrogen) atoms. The highest BCUT2D eigenvalue weighted by Gasteiger charge is 2.26. The smallest absolute Gasteiger partial charge is 0.363 e. The fourth-order valence-corrected chi connectivity index (χ4v) is 5.61. The van der Waals surface area contributed by atoms with Crippen LogP contribution in [0.5, 0.6) is 0 Å². The Morgan fingerprint density at radius 2 is 1.70 bits per heavy atom. The predicted octanol–water partition coefficient (Wildman–Crippen LogP) is 4.87. The molecule has 1 fully saturated rings. The molecular weight excluding hydrogens is 400 g/mol. The second-order valence-corrected chi connectivity index (χ2v) is 9.72. The first-order valence-electron chi connectivity index (χ1n) is 10.2. The molecule has 3 aromatic rings. The van der Waals surface area contributed by atoms with Gasteiger partial charge in [-0.3, -0.25) is 4.72 Å². The van der Waals surface area contributed by atoms with Crippen LogP contribution in [0.1, 0.15) is 42.4 Å². The molecule has 158 valence electrons. The average molecular weight is 427 g/mol. The lowest BCUT2D eigenvalue weighted by Gasteiger charge is -2.19. The number of anilines is 2. The molecule has 6 nitrogen and oxygen atoms in total. The van der Waals surface area contributed by atoms with Crippen LogP contribution in [0.15, 0.2) is 50.5 Å². The van der Waals surface area contributed by atoms with E-state index in [0.29, 0.717) is 22.2 Å². The van der Waals surface area contributed by atoms with Gasteiger partial charge in [0.1, 0.15) is 5.58 Å². The maximum atomic E-state index is 13.3. The van der Waals surface area contributed by atoms with Crippen molar-refractivity contribution in [2.24, 2.45) is 0 Å². The Balaban J connectivity index is 1.86. The molecule has 0 spiro atoms. The topological polar surface area (TPSA) is 88.4 Å². The third kappa shape index (κ3) is 3.81. The van der Waals surface area contributed by atoms with Crippen LogP contribution < -0.4 is 15.7 Å². The van der Waals surface area contributed by atoms with Gasteiger partial charge in [0.25, 0.3) is 10.0 Å². The summed E-state index contributed by atoms with van der Waals surface area (Å²) in [5.41, 5.74) is 2.51. The van der Waals surface area contributed by atoms with E-state index in [2.05, 4.69) is 10.0 Å². The van der Waals surface area contributed by atoms with Crippen molar-refractivity contribution in [1.29, 1.82) is 0 Å². The van der Waals surface area contributed by atoms with Crippen LogP contribution in [0.4, 0.5) is 11.4 Å². The Labute approximate surface area is 176 Å². The molecule has 0 unspecified atom stereocenters. The highest BCUT2D eigenvalue weighted by molar-refractivity contribution is 7.92. The Morgan fingerprint density at radius 1 is 1.00 bits per heavy atom. The lowest BCUT2D eigenvalue weighted by Crippen LogP contribution is -2.24. The fraction of sp³-hybridized carbons (Fsp3) is 0.348. The zero-order valence-corrected chi connectivity index (χ0v) is 18.2. The molecule has 1 aliphatic rings. The number of benzene rings is 2. The Hall–Kier alpha value is -2.80. The molecule has 0 aliphatic heterocycles. The molecule has 0 bridgehead atoms. The monoisotopic (exact) mass is 426 g/mol. The molecule has 1 aromatic heterocycles. The van der Waals surface area contributed by atoms with Gasteiger partial charge in [-0.05, 0) is 68.5 Å². The largest absolute Gasteiger partial charge is 0.421 e. The van der Waals surface area contributed by atoms with Crippen LogP contribution in [0, 0.1) is 20.8 Å². The average Bonchev–Trinajstić information content (AvgIpc) is 3.20. The fourth-order valence-electron chi connectivity index (χ4n) is 4.14. The molecule has 1 aliphatic carbocycles. The number of fused-ring (bicyclic) bond motifs is 1. The Kier molecular flexibility index (Phi) is 5.32. The van der Waals surface area contributed by atoms with Gasteiger partial charge in [0.05, 0.1) is 10.6 Å². The van der Waals surface area contributed by atoms with Crippen LogP contribution >= 0.6 is 0 Å². The summed E-state index contributed by atoms with van der Waals surface area (Å²) in [6.07, 6.45) is 4.19. The van der Waals surface area contributed by atoms with E-state index in [1.54, 1.807) is 25.1 Å². The first-order valence-corrected chi connectivity index (χ1v) is 11.7. The van der Waals surface area contributed by atoms with E-state index in [1.807, 2.05) is 32.0 Å². The number of rotatable bonds is 5. The van der Waals surface area contributed by atoms with Gasteiger partial charge in [-0.15, -0.1) is 0 Å². The van der Waals surface area contributed by atoms with E-state index in [0.717, 1.165) is 36.8 Å². The summed E-state index contributed by atoms with van der Waals surface area (Å²) in [6.45, 7) is 5.49. The molecule has 0 amide bonds. The first-order chi connectivity index (χ1) is 14.3. The molecule has 1 heterocycles. The molecular formula is C23H26N2O4S. The van der Waals surface area contributed by atoms with Crippen LogP contribution in [-0.2, 0) is 10.0 Å². The summed E-state index contributed by atoms with van der Waals surface area (Å²) in [5, 5.41) is 4.10. The Morgan fingerprint density at radius 3 is 2.43 bits per heavy atom. The van der Waals surface area contributed by atoms with E-state index in [1.165, 1.54) is 0 Å². The van der Waals surface area contributed by atoms with Gasteiger partial charge >= 0.3 is 5.63 Å². The van der Waals surface area contributed by atoms with Crippen molar-refractivity contribution in [3.63, 3.8) is 0 Å². The van der Waals surface area contributed by atoms with E-state index in [9.17, 15) is 13.2 Å². The normalized spacial score (nSPS) is 14.9.